The number of carbonyl (C=O) groups is 1. The number of rotatable bonds is 2. The number of aromatic nitrogens is 1. The van der Waals surface area contributed by atoms with Gasteiger partial charge in [-0.25, -0.2) is 4.98 Å². The molecule has 1 atom stereocenters. The third-order valence-corrected chi connectivity index (χ3v) is 4.34. The predicted molar refractivity (Wildman–Crippen MR) is 67.3 cm³/mol. The lowest BCUT2D eigenvalue weighted by atomic mass is 10.00. The van der Waals surface area contributed by atoms with Crippen molar-refractivity contribution in [3.05, 3.63) is 10.6 Å². The summed E-state index contributed by atoms with van der Waals surface area (Å²) in [6, 6.07) is 0.0544. The summed E-state index contributed by atoms with van der Waals surface area (Å²) in [5, 5.41) is 1.02. The maximum Gasteiger partial charge on any atom is 0.186 e. The fraction of sp³-hybridized carbons (Fsp3) is 0.667. The van der Waals surface area contributed by atoms with Gasteiger partial charge in [-0.2, -0.15) is 0 Å². The number of aryl methyl sites for hydroxylation is 2. The summed E-state index contributed by atoms with van der Waals surface area (Å²) in [6.45, 7) is 6.78. The molecular weight excluding hydrogens is 220 g/mol. The second-order valence-corrected chi connectivity index (χ2v) is 5.64. The van der Waals surface area contributed by atoms with Crippen LogP contribution < -0.4 is 4.90 Å². The first kappa shape index (κ1) is 11.6. The van der Waals surface area contributed by atoms with Gasteiger partial charge < -0.3 is 4.90 Å². The van der Waals surface area contributed by atoms with Gasteiger partial charge in [0.1, 0.15) is 0 Å². The maximum atomic E-state index is 11.6. The minimum Gasteiger partial charge on any atom is -0.338 e. The van der Waals surface area contributed by atoms with E-state index in [-0.39, 0.29) is 11.8 Å². The summed E-state index contributed by atoms with van der Waals surface area (Å²) in [6.07, 6.45) is 3.30. The van der Waals surface area contributed by atoms with Crippen molar-refractivity contribution in [2.24, 2.45) is 0 Å². The summed E-state index contributed by atoms with van der Waals surface area (Å²) < 4.78 is 0. The molecule has 88 valence electrons. The number of nitrogens with zero attached hydrogens (tertiary/aromatic N) is 2. The van der Waals surface area contributed by atoms with E-state index in [1.165, 1.54) is 11.3 Å². The molecule has 1 saturated heterocycles. The molecular formula is C12H18N2OS. The van der Waals surface area contributed by atoms with Gasteiger partial charge in [0.05, 0.1) is 11.7 Å². The average molecular weight is 238 g/mol. The molecule has 4 heteroatoms. The van der Waals surface area contributed by atoms with E-state index in [9.17, 15) is 4.79 Å². The SMILES string of the molecule is CC(=O)C1CCCCN1c1nc(C)c(C)s1. The van der Waals surface area contributed by atoms with Gasteiger partial charge in [-0.1, -0.05) is 0 Å². The second-order valence-electron chi connectivity index (χ2n) is 4.45. The minimum atomic E-state index is 0.0544. The molecule has 1 aliphatic rings. The number of Topliss-reactive ketones (excluding diaryl/α,β-unsaturated/α-hetero) is 1. The molecule has 1 aromatic rings. The predicted octanol–water partition coefficient (Wildman–Crippen LogP) is 2.71. The number of anilines is 1. The lowest BCUT2D eigenvalue weighted by molar-refractivity contribution is -0.118. The van der Waals surface area contributed by atoms with Crippen molar-refractivity contribution in [1.29, 1.82) is 0 Å². The van der Waals surface area contributed by atoms with E-state index >= 15 is 0 Å². The Kier molecular flexibility index (Phi) is 3.28. The van der Waals surface area contributed by atoms with Crippen LogP contribution in [0.2, 0.25) is 0 Å². The van der Waals surface area contributed by atoms with Crippen molar-refractivity contribution in [1.82, 2.24) is 4.98 Å². The Labute approximate surface area is 100 Å². The molecule has 0 radical (unpaired) electrons. The van der Waals surface area contributed by atoms with Gasteiger partial charge in [-0.3, -0.25) is 4.79 Å². The van der Waals surface area contributed by atoms with E-state index in [0.29, 0.717) is 0 Å². The van der Waals surface area contributed by atoms with Gasteiger partial charge >= 0.3 is 0 Å². The first-order valence-electron chi connectivity index (χ1n) is 5.80. The Morgan fingerprint density at radius 2 is 2.19 bits per heavy atom. The Bertz CT molecular complexity index is 380. The monoisotopic (exact) mass is 238 g/mol. The zero-order valence-electron chi connectivity index (χ0n) is 10.1. The molecule has 1 fully saturated rings. The molecule has 0 saturated carbocycles. The van der Waals surface area contributed by atoms with Crippen molar-refractivity contribution in [3.8, 4) is 0 Å². The summed E-state index contributed by atoms with van der Waals surface area (Å²) in [4.78, 5) is 19.6. The quantitative estimate of drug-likeness (QED) is 0.794. The van der Waals surface area contributed by atoms with Crippen LogP contribution >= 0.6 is 11.3 Å². The Balaban J connectivity index is 2.26. The number of hydrogen-bond acceptors (Lipinski definition) is 4. The Morgan fingerprint density at radius 3 is 2.75 bits per heavy atom. The van der Waals surface area contributed by atoms with Crippen LogP contribution in [-0.4, -0.2) is 23.4 Å². The minimum absolute atomic E-state index is 0.0544. The van der Waals surface area contributed by atoms with Gasteiger partial charge in [0.25, 0.3) is 0 Å². The molecule has 0 aromatic carbocycles. The van der Waals surface area contributed by atoms with Crippen molar-refractivity contribution in [3.63, 3.8) is 0 Å². The van der Waals surface area contributed by atoms with Crippen LogP contribution in [-0.2, 0) is 4.79 Å². The van der Waals surface area contributed by atoms with Crippen LogP contribution in [0.15, 0.2) is 0 Å². The van der Waals surface area contributed by atoms with Gasteiger partial charge in [-0.05, 0) is 40.0 Å². The molecule has 1 aliphatic heterocycles. The first-order valence-corrected chi connectivity index (χ1v) is 6.62. The lowest BCUT2D eigenvalue weighted by Crippen LogP contribution is -2.43. The molecule has 1 aromatic heterocycles. The van der Waals surface area contributed by atoms with Gasteiger partial charge in [0.2, 0.25) is 0 Å². The second kappa shape index (κ2) is 4.53. The molecule has 0 aliphatic carbocycles. The zero-order chi connectivity index (χ0) is 11.7. The largest absolute Gasteiger partial charge is 0.338 e. The summed E-state index contributed by atoms with van der Waals surface area (Å²) in [7, 11) is 0. The first-order chi connectivity index (χ1) is 7.59. The third kappa shape index (κ3) is 2.12. The van der Waals surface area contributed by atoms with Crippen molar-refractivity contribution in [2.75, 3.05) is 11.4 Å². The van der Waals surface area contributed by atoms with E-state index in [4.69, 9.17) is 0 Å². The lowest BCUT2D eigenvalue weighted by Gasteiger charge is -2.33. The van der Waals surface area contributed by atoms with Crippen LogP contribution in [0.4, 0.5) is 5.13 Å². The molecule has 0 amide bonds. The highest BCUT2D eigenvalue weighted by Gasteiger charge is 2.28. The summed E-state index contributed by atoms with van der Waals surface area (Å²) >= 11 is 1.70. The van der Waals surface area contributed by atoms with Crippen molar-refractivity contribution >= 4 is 22.3 Å². The van der Waals surface area contributed by atoms with E-state index in [1.807, 2.05) is 6.92 Å². The van der Waals surface area contributed by atoms with Gasteiger partial charge in [0, 0.05) is 11.4 Å². The molecule has 2 heterocycles. The number of piperidine rings is 1. The average Bonchev–Trinajstić information content (AvgIpc) is 2.59. The smallest absolute Gasteiger partial charge is 0.186 e. The Hall–Kier alpha value is -0.900. The molecule has 16 heavy (non-hydrogen) atoms. The fourth-order valence-electron chi connectivity index (χ4n) is 2.16. The van der Waals surface area contributed by atoms with Crippen LogP contribution in [0.3, 0.4) is 0 Å². The van der Waals surface area contributed by atoms with Gasteiger partial charge in [-0.15, -0.1) is 11.3 Å². The number of ketones is 1. The van der Waals surface area contributed by atoms with Crippen LogP contribution in [0.1, 0.15) is 36.8 Å². The topological polar surface area (TPSA) is 33.2 Å². The maximum absolute atomic E-state index is 11.6. The molecule has 0 bridgehead atoms. The highest BCUT2D eigenvalue weighted by atomic mass is 32.1. The van der Waals surface area contributed by atoms with Crippen LogP contribution in [0.25, 0.3) is 0 Å². The van der Waals surface area contributed by atoms with E-state index in [0.717, 1.165) is 30.2 Å². The van der Waals surface area contributed by atoms with Gasteiger partial charge in [0.15, 0.2) is 10.9 Å². The van der Waals surface area contributed by atoms with E-state index in [2.05, 4.69) is 16.8 Å². The molecule has 1 unspecified atom stereocenters. The highest BCUT2D eigenvalue weighted by Crippen LogP contribution is 2.30. The number of carbonyl (C=O) groups excluding carboxylic acids is 1. The summed E-state index contributed by atoms with van der Waals surface area (Å²) in [5.74, 6) is 0.269. The molecule has 2 rings (SSSR count). The van der Waals surface area contributed by atoms with Crippen molar-refractivity contribution < 1.29 is 4.79 Å². The summed E-state index contributed by atoms with van der Waals surface area (Å²) in [5.41, 5.74) is 1.09. The molecule has 0 N–H and O–H groups in total. The number of thiazole rings is 1. The Morgan fingerprint density at radius 1 is 1.44 bits per heavy atom. The zero-order valence-corrected chi connectivity index (χ0v) is 10.9. The third-order valence-electron chi connectivity index (χ3n) is 3.24. The standard InChI is InChI=1S/C12H18N2OS/c1-8-10(3)16-12(13-8)14-7-5-4-6-11(14)9(2)15/h11H,4-7H2,1-3H3. The fourth-order valence-corrected chi connectivity index (χ4v) is 3.15. The van der Waals surface area contributed by atoms with Crippen molar-refractivity contribution in [2.45, 2.75) is 46.1 Å². The van der Waals surface area contributed by atoms with Crippen LogP contribution in [0.5, 0.6) is 0 Å². The number of hydrogen-bond donors (Lipinski definition) is 0. The molecule has 0 spiro atoms. The highest BCUT2D eigenvalue weighted by molar-refractivity contribution is 7.15. The van der Waals surface area contributed by atoms with E-state index in [1.54, 1.807) is 18.3 Å². The molecule has 3 nitrogen and oxygen atoms in total. The van der Waals surface area contributed by atoms with Crippen LogP contribution in [0, 0.1) is 13.8 Å². The normalized spacial score (nSPS) is 21.2. The van der Waals surface area contributed by atoms with E-state index < -0.39 is 0 Å².